The van der Waals surface area contributed by atoms with E-state index in [0.29, 0.717) is 19.0 Å². The molecule has 3 rings (SSSR count). The van der Waals surface area contributed by atoms with Gasteiger partial charge in [0, 0.05) is 18.8 Å². The van der Waals surface area contributed by atoms with E-state index in [2.05, 4.69) is 40.9 Å². The topological polar surface area (TPSA) is 74.5 Å². The number of aliphatic imine (C=N–C) groups is 1. The zero-order valence-corrected chi connectivity index (χ0v) is 20.9. The second-order valence-corrected chi connectivity index (χ2v) is 7.47. The molecule has 1 atom stereocenters. The quantitative estimate of drug-likeness (QED) is 0.242. The first-order valence-electron chi connectivity index (χ1n) is 10.4. The van der Waals surface area contributed by atoms with Gasteiger partial charge in [-0.05, 0) is 51.0 Å². The van der Waals surface area contributed by atoms with Crippen molar-refractivity contribution in [3.8, 4) is 5.69 Å². The number of benzene rings is 2. The Bertz CT molecular complexity index is 1010. The maximum atomic E-state index is 10.5. The summed E-state index contributed by atoms with van der Waals surface area (Å²) in [6.07, 6.45) is -0.601. The van der Waals surface area contributed by atoms with Crippen LogP contribution in [0.1, 0.15) is 41.1 Å². The molecule has 1 heterocycles. The lowest BCUT2D eigenvalue weighted by Crippen LogP contribution is -2.39. The van der Waals surface area contributed by atoms with E-state index in [1.165, 1.54) is 0 Å². The predicted octanol–water partition coefficient (Wildman–Crippen LogP) is 4.20. The molecule has 7 heteroatoms. The molecular weight excluding hydrogens is 501 g/mol. The zero-order chi connectivity index (χ0) is 21.5. The van der Waals surface area contributed by atoms with Gasteiger partial charge in [0.25, 0.3) is 0 Å². The van der Waals surface area contributed by atoms with Crippen LogP contribution >= 0.6 is 24.0 Å². The van der Waals surface area contributed by atoms with Crippen molar-refractivity contribution in [2.75, 3.05) is 13.1 Å². The summed E-state index contributed by atoms with van der Waals surface area (Å²) in [7, 11) is 0. The van der Waals surface area contributed by atoms with Crippen LogP contribution in [0, 0.1) is 20.8 Å². The minimum atomic E-state index is -0.601. The Morgan fingerprint density at radius 1 is 1.06 bits per heavy atom. The lowest BCUT2D eigenvalue weighted by molar-refractivity contribution is 0.181. The van der Waals surface area contributed by atoms with Crippen LogP contribution < -0.4 is 10.6 Å². The number of hydrogen-bond acceptors (Lipinski definition) is 3. The molecule has 0 saturated carbocycles. The first-order chi connectivity index (χ1) is 14.5. The minimum Gasteiger partial charge on any atom is -0.387 e. The van der Waals surface area contributed by atoms with Gasteiger partial charge in [0.15, 0.2) is 5.96 Å². The van der Waals surface area contributed by atoms with Gasteiger partial charge in [0.2, 0.25) is 0 Å². The smallest absolute Gasteiger partial charge is 0.191 e. The van der Waals surface area contributed by atoms with Crippen LogP contribution in [-0.2, 0) is 6.54 Å². The Kier molecular flexibility index (Phi) is 9.51. The number of aryl methyl sites for hydroxylation is 3. The van der Waals surface area contributed by atoms with Crippen molar-refractivity contribution in [3.63, 3.8) is 0 Å². The zero-order valence-electron chi connectivity index (χ0n) is 18.6. The number of guanidine groups is 1. The Balaban J connectivity index is 0.00000341. The summed E-state index contributed by atoms with van der Waals surface area (Å²) in [5, 5.41) is 21.6. The average Bonchev–Trinajstić information content (AvgIpc) is 3.07. The van der Waals surface area contributed by atoms with Crippen LogP contribution in [0.15, 0.2) is 59.6 Å². The molecule has 0 aliphatic carbocycles. The highest BCUT2D eigenvalue weighted by molar-refractivity contribution is 14.0. The number of para-hydroxylation sites is 1. The van der Waals surface area contributed by atoms with E-state index in [1.807, 2.05) is 61.9 Å². The fourth-order valence-electron chi connectivity index (χ4n) is 3.42. The SMILES string of the molecule is CCNC(=NCc1ccccc1-n1nc(C)cc1C)NCC(O)c1cccc(C)c1.I. The third kappa shape index (κ3) is 6.80. The van der Waals surface area contributed by atoms with E-state index in [0.717, 1.165) is 40.3 Å². The number of aliphatic hydroxyl groups is 1. The molecule has 2 aromatic carbocycles. The molecule has 0 aliphatic heterocycles. The number of hydrogen-bond donors (Lipinski definition) is 3. The molecule has 0 radical (unpaired) electrons. The van der Waals surface area contributed by atoms with Crippen molar-refractivity contribution in [2.45, 2.75) is 40.3 Å². The lowest BCUT2D eigenvalue weighted by Gasteiger charge is -2.16. The highest BCUT2D eigenvalue weighted by atomic mass is 127. The van der Waals surface area contributed by atoms with Crippen LogP contribution in [0.5, 0.6) is 0 Å². The predicted molar refractivity (Wildman–Crippen MR) is 137 cm³/mol. The van der Waals surface area contributed by atoms with E-state index in [4.69, 9.17) is 4.99 Å². The Hall–Kier alpha value is -2.39. The number of nitrogens with one attached hydrogen (secondary N) is 2. The van der Waals surface area contributed by atoms with E-state index in [1.54, 1.807) is 0 Å². The Morgan fingerprint density at radius 2 is 1.84 bits per heavy atom. The molecule has 0 bridgehead atoms. The van der Waals surface area contributed by atoms with E-state index in [9.17, 15) is 5.11 Å². The highest BCUT2D eigenvalue weighted by Crippen LogP contribution is 2.18. The number of halogens is 1. The highest BCUT2D eigenvalue weighted by Gasteiger charge is 2.10. The van der Waals surface area contributed by atoms with Gasteiger partial charge in [-0.25, -0.2) is 9.67 Å². The summed E-state index contributed by atoms with van der Waals surface area (Å²) in [6, 6.07) is 18.2. The van der Waals surface area contributed by atoms with Gasteiger partial charge in [-0.15, -0.1) is 24.0 Å². The second-order valence-electron chi connectivity index (χ2n) is 7.47. The molecule has 3 aromatic rings. The first kappa shape index (κ1) is 24.9. The standard InChI is InChI=1S/C24H31N5O.HI/c1-5-25-24(27-16-23(30)20-11-8-9-17(2)13-20)26-15-21-10-6-7-12-22(21)29-19(4)14-18(3)28-29;/h6-14,23,30H,5,15-16H2,1-4H3,(H2,25,26,27);1H. The first-order valence-corrected chi connectivity index (χ1v) is 10.4. The molecule has 0 amide bonds. The normalized spacial score (nSPS) is 12.2. The van der Waals surface area contributed by atoms with Crippen LogP contribution in [0.2, 0.25) is 0 Å². The minimum absolute atomic E-state index is 0. The van der Waals surface area contributed by atoms with Crippen molar-refractivity contribution in [1.82, 2.24) is 20.4 Å². The summed E-state index contributed by atoms with van der Waals surface area (Å²) in [5.74, 6) is 0.673. The van der Waals surface area contributed by atoms with Crippen molar-refractivity contribution >= 4 is 29.9 Å². The van der Waals surface area contributed by atoms with Crippen molar-refractivity contribution in [1.29, 1.82) is 0 Å². The summed E-state index contributed by atoms with van der Waals surface area (Å²) >= 11 is 0. The molecule has 1 unspecified atom stereocenters. The summed E-state index contributed by atoms with van der Waals surface area (Å²) in [6.45, 7) is 9.73. The maximum absolute atomic E-state index is 10.5. The molecule has 166 valence electrons. The van der Waals surface area contributed by atoms with Crippen molar-refractivity contribution in [2.24, 2.45) is 4.99 Å². The van der Waals surface area contributed by atoms with Gasteiger partial charge in [-0.3, -0.25) is 0 Å². The van der Waals surface area contributed by atoms with Gasteiger partial charge in [0.1, 0.15) is 0 Å². The summed E-state index contributed by atoms with van der Waals surface area (Å²) in [5.41, 5.74) is 6.23. The van der Waals surface area contributed by atoms with Crippen LogP contribution in [0.4, 0.5) is 0 Å². The molecule has 31 heavy (non-hydrogen) atoms. The van der Waals surface area contributed by atoms with Crippen LogP contribution in [0.3, 0.4) is 0 Å². The third-order valence-corrected chi connectivity index (χ3v) is 4.87. The molecular formula is C24H32IN5O. The Labute approximate surface area is 201 Å². The molecule has 3 N–H and O–H groups in total. The Morgan fingerprint density at radius 3 is 2.52 bits per heavy atom. The van der Waals surface area contributed by atoms with E-state index < -0.39 is 6.10 Å². The number of nitrogens with zero attached hydrogens (tertiary/aromatic N) is 3. The summed E-state index contributed by atoms with van der Waals surface area (Å²) in [4.78, 5) is 4.73. The van der Waals surface area contributed by atoms with Gasteiger partial charge in [-0.2, -0.15) is 5.10 Å². The molecule has 0 aliphatic rings. The van der Waals surface area contributed by atoms with E-state index in [-0.39, 0.29) is 24.0 Å². The number of rotatable bonds is 7. The molecule has 6 nitrogen and oxygen atoms in total. The van der Waals surface area contributed by atoms with Crippen molar-refractivity contribution in [3.05, 3.63) is 82.7 Å². The fraction of sp³-hybridized carbons (Fsp3) is 0.333. The van der Waals surface area contributed by atoms with Gasteiger partial charge < -0.3 is 15.7 Å². The third-order valence-electron chi connectivity index (χ3n) is 4.87. The van der Waals surface area contributed by atoms with Gasteiger partial charge in [0.05, 0.1) is 24.0 Å². The summed E-state index contributed by atoms with van der Waals surface area (Å²) < 4.78 is 1.96. The monoisotopic (exact) mass is 533 g/mol. The van der Waals surface area contributed by atoms with Crippen molar-refractivity contribution < 1.29 is 5.11 Å². The second kappa shape index (κ2) is 11.9. The molecule has 0 saturated heterocycles. The van der Waals surface area contributed by atoms with Gasteiger partial charge in [-0.1, -0.05) is 48.0 Å². The van der Waals surface area contributed by atoms with E-state index >= 15 is 0 Å². The number of aromatic nitrogens is 2. The van der Waals surface area contributed by atoms with Crippen LogP contribution in [-0.4, -0.2) is 33.9 Å². The van der Waals surface area contributed by atoms with Crippen LogP contribution in [0.25, 0.3) is 5.69 Å². The largest absolute Gasteiger partial charge is 0.387 e. The lowest BCUT2D eigenvalue weighted by atomic mass is 10.1. The fourth-order valence-corrected chi connectivity index (χ4v) is 3.42. The molecule has 0 fully saturated rings. The molecule has 0 spiro atoms. The number of aliphatic hydroxyl groups excluding tert-OH is 1. The molecule has 1 aromatic heterocycles. The van der Waals surface area contributed by atoms with Gasteiger partial charge >= 0.3 is 0 Å². The maximum Gasteiger partial charge on any atom is 0.191 e. The average molecular weight is 533 g/mol.